The van der Waals surface area contributed by atoms with E-state index < -0.39 is 0 Å². The highest BCUT2D eigenvalue weighted by atomic mass is 79.9. The van der Waals surface area contributed by atoms with Gasteiger partial charge in [-0.15, -0.1) is 5.10 Å². The lowest BCUT2D eigenvalue weighted by Gasteiger charge is -2.35. The Labute approximate surface area is 150 Å². The van der Waals surface area contributed by atoms with Crippen LogP contribution in [0, 0.1) is 0 Å². The van der Waals surface area contributed by atoms with Crippen molar-refractivity contribution in [3.8, 4) is 5.75 Å². The number of hydrogen-bond acceptors (Lipinski definition) is 6. The number of hydrogen-bond donors (Lipinski definition) is 2. The first-order valence-corrected chi connectivity index (χ1v) is 9.00. The summed E-state index contributed by atoms with van der Waals surface area (Å²) in [5.41, 5.74) is 5.59. The number of H-pyrrole nitrogens is 1. The zero-order chi connectivity index (χ0) is 16.9. The van der Waals surface area contributed by atoms with Crippen LogP contribution in [0.25, 0.3) is 0 Å². The molecule has 24 heavy (non-hydrogen) atoms. The van der Waals surface area contributed by atoms with Gasteiger partial charge in [0.2, 0.25) is 11.9 Å². The zero-order valence-corrected chi connectivity index (χ0v) is 15.4. The summed E-state index contributed by atoms with van der Waals surface area (Å²) < 4.78 is 7.18. The minimum Gasteiger partial charge on any atom is -0.489 e. The molecule has 1 fully saturated rings. The van der Waals surface area contributed by atoms with Crippen LogP contribution in [-0.2, 0) is 0 Å². The van der Waals surface area contributed by atoms with E-state index >= 15 is 0 Å². The van der Waals surface area contributed by atoms with Crippen LogP contribution in [0.15, 0.2) is 28.7 Å². The fourth-order valence-electron chi connectivity index (χ4n) is 2.78. The molecule has 0 bridgehead atoms. The molecule has 1 aliphatic rings. The van der Waals surface area contributed by atoms with Crippen LogP contribution in [0.4, 0.5) is 11.9 Å². The van der Waals surface area contributed by atoms with Gasteiger partial charge in [0.05, 0.1) is 0 Å². The second-order valence-electron chi connectivity index (χ2n) is 5.91. The Balaban J connectivity index is 1.49. The summed E-state index contributed by atoms with van der Waals surface area (Å²) in [5.74, 6) is 1.96. The van der Waals surface area contributed by atoms with Crippen LogP contribution in [0.5, 0.6) is 5.75 Å². The Morgan fingerprint density at radius 3 is 2.54 bits per heavy atom. The van der Waals surface area contributed by atoms with Gasteiger partial charge in [0.25, 0.3) is 0 Å². The molecule has 2 heterocycles. The van der Waals surface area contributed by atoms with Gasteiger partial charge >= 0.3 is 0 Å². The molecule has 3 rings (SSSR count). The number of benzene rings is 1. The number of halogens is 1. The number of nitrogens with zero attached hydrogens (tertiary/aromatic N) is 4. The van der Waals surface area contributed by atoms with Crippen molar-refractivity contribution in [1.29, 1.82) is 0 Å². The minimum atomic E-state index is 0.192. The minimum absolute atomic E-state index is 0.192. The zero-order valence-electron chi connectivity index (χ0n) is 13.8. The number of piperazine rings is 1. The predicted octanol–water partition coefficient (Wildman–Crippen LogP) is 2.13. The third-order valence-electron chi connectivity index (χ3n) is 4.18. The molecule has 1 atom stereocenters. The summed E-state index contributed by atoms with van der Waals surface area (Å²) in [6, 6.07) is 8.00. The second-order valence-corrected chi connectivity index (χ2v) is 6.83. The van der Waals surface area contributed by atoms with Gasteiger partial charge in [-0.1, -0.05) is 22.9 Å². The lowest BCUT2D eigenvalue weighted by atomic mass is 10.2. The number of ether oxygens (including phenoxy) is 1. The molecule has 0 saturated carbocycles. The van der Waals surface area contributed by atoms with Crippen LogP contribution < -0.4 is 15.4 Å². The van der Waals surface area contributed by atoms with Crippen molar-refractivity contribution >= 4 is 27.8 Å². The molecular formula is C16H23BrN6O. The van der Waals surface area contributed by atoms with Crippen molar-refractivity contribution in [2.24, 2.45) is 0 Å². The number of nitrogen functional groups attached to an aromatic ring is 1. The molecule has 1 aliphatic heterocycles. The smallest absolute Gasteiger partial charge is 0.246 e. The van der Waals surface area contributed by atoms with Crippen molar-refractivity contribution in [3.63, 3.8) is 0 Å². The van der Waals surface area contributed by atoms with Crippen LogP contribution in [-0.4, -0.2) is 58.9 Å². The Morgan fingerprint density at radius 1 is 1.25 bits per heavy atom. The molecule has 1 aromatic carbocycles. The van der Waals surface area contributed by atoms with Gasteiger partial charge in [0, 0.05) is 37.2 Å². The quantitative estimate of drug-likeness (QED) is 0.780. The summed E-state index contributed by atoms with van der Waals surface area (Å²) in [6.07, 6.45) is 1.17. The first-order valence-electron chi connectivity index (χ1n) is 8.21. The molecule has 0 amide bonds. The van der Waals surface area contributed by atoms with Gasteiger partial charge < -0.3 is 15.4 Å². The first kappa shape index (κ1) is 17.0. The molecule has 0 spiro atoms. The Hall–Kier alpha value is -1.80. The highest BCUT2D eigenvalue weighted by Crippen LogP contribution is 2.19. The van der Waals surface area contributed by atoms with Crippen LogP contribution in [0.2, 0.25) is 0 Å². The van der Waals surface area contributed by atoms with E-state index in [2.05, 4.69) is 47.8 Å². The highest BCUT2D eigenvalue weighted by molar-refractivity contribution is 9.10. The molecular weight excluding hydrogens is 372 g/mol. The molecule has 7 nitrogen and oxygen atoms in total. The molecule has 1 unspecified atom stereocenters. The fraction of sp³-hybridized carbons (Fsp3) is 0.500. The normalized spacial score (nSPS) is 17.0. The summed E-state index contributed by atoms with van der Waals surface area (Å²) >= 11 is 3.45. The van der Waals surface area contributed by atoms with Gasteiger partial charge in [0.15, 0.2) is 0 Å². The van der Waals surface area contributed by atoms with Gasteiger partial charge in [-0.25, -0.2) is 5.10 Å². The van der Waals surface area contributed by atoms with E-state index in [0.717, 1.165) is 49.4 Å². The lowest BCUT2D eigenvalue weighted by Crippen LogP contribution is -2.49. The average Bonchev–Trinajstić information content (AvgIpc) is 3.03. The van der Waals surface area contributed by atoms with Crippen molar-refractivity contribution in [1.82, 2.24) is 20.1 Å². The van der Waals surface area contributed by atoms with Gasteiger partial charge in [-0.2, -0.15) is 4.98 Å². The van der Waals surface area contributed by atoms with E-state index in [9.17, 15) is 0 Å². The van der Waals surface area contributed by atoms with E-state index in [1.54, 1.807) is 0 Å². The number of nitrogens with two attached hydrogens (primary N) is 1. The highest BCUT2D eigenvalue weighted by Gasteiger charge is 2.22. The maximum Gasteiger partial charge on any atom is 0.246 e. The van der Waals surface area contributed by atoms with Crippen LogP contribution in [0.1, 0.15) is 13.3 Å². The van der Waals surface area contributed by atoms with Gasteiger partial charge in [-0.05, 0) is 30.7 Å². The fourth-order valence-corrected chi connectivity index (χ4v) is 3.04. The van der Waals surface area contributed by atoms with Gasteiger partial charge in [0.1, 0.15) is 11.9 Å². The molecule has 8 heteroatoms. The molecule has 2 aromatic rings. The maximum absolute atomic E-state index is 6.11. The van der Waals surface area contributed by atoms with Gasteiger partial charge in [-0.3, -0.25) is 4.90 Å². The second kappa shape index (κ2) is 7.85. The Bertz CT molecular complexity index is 638. The van der Waals surface area contributed by atoms with E-state index in [1.165, 1.54) is 0 Å². The standard InChI is InChI=1S/C16H23BrN6O/c1-2-13(24-14-5-3-12(17)4-6-14)11-22-7-9-23(10-8-22)16-19-15(18)20-21-16/h3-6,13H,2,7-11H2,1H3,(H3,18,19,20,21). The lowest BCUT2D eigenvalue weighted by molar-refractivity contribution is 0.124. The molecule has 1 saturated heterocycles. The third-order valence-corrected chi connectivity index (χ3v) is 4.71. The molecule has 130 valence electrons. The maximum atomic E-state index is 6.11. The molecule has 0 aliphatic carbocycles. The van der Waals surface area contributed by atoms with E-state index in [4.69, 9.17) is 10.5 Å². The summed E-state index contributed by atoms with van der Waals surface area (Å²) in [6.45, 7) is 6.81. The largest absolute Gasteiger partial charge is 0.489 e. The van der Waals surface area contributed by atoms with Crippen molar-refractivity contribution in [2.75, 3.05) is 43.4 Å². The summed E-state index contributed by atoms with van der Waals surface area (Å²) in [4.78, 5) is 8.77. The molecule has 3 N–H and O–H groups in total. The van der Waals surface area contributed by atoms with Crippen LogP contribution in [0.3, 0.4) is 0 Å². The Morgan fingerprint density at radius 2 is 1.96 bits per heavy atom. The van der Waals surface area contributed by atoms with E-state index in [0.29, 0.717) is 11.9 Å². The van der Waals surface area contributed by atoms with Crippen LogP contribution >= 0.6 is 15.9 Å². The SMILES string of the molecule is CCC(CN1CCN(c2n[nH]c(N)n2)CC1)Oc1ccc(Br)cc1. The number of anilines is 2. The summed E-state index contributed by atoms with van der Waals surface area (Å²) in [7, 11) is 0. The number of aromatic nitrogens is 3. The van der Waals surface area contributed by atoms with E-state index in [1.807, 2.05) is 24.3 Å². The van der Waals surface area contributed by atoms with Crippen molar-refractivity contribution in [3.05, 3.63) is 28.7 Å². The monoisotopic (exact) mass is 394 g/mol. The molecule has 0 radical (unpaired) electrons. The average molecular weight is 395 g/mol. The third kappa shape index (κ3) is 4.39. The van der Waals surface area contributed by atoms with Crippen molar-refractivity contribution < 1.29 is 4.74 Å². The Kier molecular flexibility index (Phi) is 5.57. The number of aromatic amines is 1. The topological polar surface area (TPSA) is 83.3 Å². The number of rotatable bonds is 6. The van der Waals surface area contributed by atoms with Crippen molar-refractivity contribution in [2.45, 2.75) is 19.4 Å². The first-order chi connectivity index (χ1) is 11.6. The number of nitrogens with one attached hydrogen (secondary N) is 1. The summed E-state index contributed by atoms with van der Waals surface area (Å²) in [5, 5.41) is 6.81. The molecule has 1 aromatic heterocycles. The predicted molar refractivity (Wildman–Crippen MR) is 98.3 cm³/mol. The van der Waals surface area contributed by atoms with E-state index in [-0.39, 0.29) is 6.10 Å².